The molecule has 3 nitrogen and oxygen atoms in total. The van der Waals surface area contributed by atoms with Crippen LogP contribution in [0.2, 0.25) is 0 Å². The van der Waals surface area contributed by atoms with E-state index in [4.69, 9.17) is 0 Å². The van der Waals surface area contributed by atoms with E-state index in [1.54, 1.807) is 4.90 Å². The Bertz CT molecular complexity index is 311. The first kappa shape index (κ1) is 13.6. The van der Waals surface area contributed by atoms with E-state index in [0.717, 1.165) is 32.4 Å². The van der Waals surface area contributed by atoms with Crippen molar-refractivity contribution in [2.75, 3.05) is 26.2 Å². The fraction of sp³-hybridized carbons (Fsp3) is 0.917. The van der Waals surface area contributed by atoms with E-state index in [9.17, 15) is 18.0 Å². The molecule has 0 aromatic carbocycles. The first-order valence-electron chi connectivity index (χ1n) is 6.46. The van der Waals surface area contributed by atoms with Crippen LogP contribution in [-0.2, 0) is 4.79 Å². The first-order valence-corrected chi connectivity index (χ1v) is 6.46. The average molecular weight is 264 g/mol. The summed E-state index contributed by atoms with van der Waals surface area (Å²) in [6.07, 6.45) is -2.66. The monoisotopic (exact) mass is 264 g/mol. The normalized spacial score (nSPS) is 28.9. The van der Waals surface area contributed by atoms with E-state index in [-0.39, 0.29) is 11.3 Å². The van der Waals surface area contributed by atoms with Crippen LogP contribution in [0.25, 0.3) is 0 Å². The Balaban J connectivity index is 1.86. The van der Waals surface area contributed by atoms with Gasteiger partial charge in [0, 0.05) is 31.5 Å². The van der Waals surface area contributed by atoms with Crippen LogP contribution in [0.5, 0.6) is 0 Å². The molecular formula is C12H19F3N2O. The molecular weight excluding hydrogens is 245 g/mol. The zero-order valence-electron chi connectivity index (χ0n) is 10.4. The number of nitrogens with zero attached hydrogens (tertiary/aromatic N) is 1. The summed E-state index contributed by atoms with van der Waals surface area (Å²) in [7, 11) is 0. The maximum absolute atomic E-state index is 12.1. The molecule has 0 bridgehead atoms. The molecule has 2 aliphatic heterocycles. The maximum Gasteiger partial charge on any atom is 0.389 e. The van der Waals surface area contributed by atoms with E-state index in [0.29, 0.717) is 13.1 Å². The molecule has 0 aliphatic carbocycles. The third kappa shape index (κ3) is 3.37. The Morgan fingerprint density at radius 2 is 2.11 bits per heavy atom. The van der Waals surface area contributed by atoms with Gasteiger partial charge in [0.2, 0.25) is 5.91 Å². The van der Waals surface area contributed by atoms with E-state index >= 15 is 0 Å². The Hall–Kier alpha value is -0.780. The summed E-state index contributed by atoms with van der Waals surface area (Å²) in [4.78, 5) is 13.4. The Labute approximate surface area is 105 Å². The highest BCUT2D eigenvalue weighted by Gasteiger charge is 2.39. The van der Waals surface area contributed by atoms with Crippen molar-refractivity contribution in [2.45, 2.75) is 38.3 Å². The first-order chi connectivity index (χ1) is 8.40. The third-order valence-corrected chi connectivity index (χ3v) is 3.97. The minimum Gasteiger partial charge on any atom is -0.342 e. The van der Waals surface area contributed by atoms with Gasteiger partial charge < -0.3 is 10.2 Å². The lowest BCUT2D eigenvalue weighted by atomic mass is 9.79. The number of likely N-dealkylation sites (tertiary alicyclic amines) is 1. The third-order valence-electron chi connectivity index (χ3n) is 3.97. The number of amides is 1. The minimum atomic E-state index is -4.24. The van der Waals surface area contributed by atoms with Crippen molar-refractivity contribution < 1.29 is 18.0 Å². The molecule has 1 spiro atoms. The highest BCUT2D eigenvalue weighted by molar-refractivity contribution is 5.76. The van der Waals surface area contributed by atoms with Crippen molar-refractivity contribution in [1.29, 1.82) is 0 Å². The number of hydrogen-bond donors (Lipinski definition) is 1. The van der Waals surface area contributed by atoms with Gasteiger partial charge in [0.25, 0.3) is 0 Å². The van der Waals surface area contributed by atoms with Crippen LogP contribution < -0.4 is 5.32 Å². The molecule has 0 radical (unpaired) electrons. The predicted molar refractivity (Wildman–Crippen MR) is 61.0 cm³/mol. The Morgan fingerprint density at radius 1 is 1.33 bits per heavy atom. The predicted octanol–water partition coefficient (Wildman–Crippen LogP) is 1.93. The van der Waals surface area contributed by atoms with E-state index in [2.05, 4.69) is 5.32 Å². The van der Waals surface area contributed by atoms with Crippen LogP contribution in [0, 0.1) is 5.41 Å². The van der Waals surface area contributed by atoms with E-state index < -0.39 is 19.0 Å². The zero-order chi connectivity index (χ0) is 13.2. The molecule has 1 amide bonds. The number of piperidine rings is 1. The smallest absolute Gasteiger partial charge is 0.342 e. The van der Waals surface area contributed by atoms with Crippen LogP contribution in [0.15, 0.2) is 0 Å². The number of halogens is 3. The lowest BCUT2D eigenvalue weighted by Crippen LogP contribution is -2.47. The Kier molecular flexibility index (Phi) is 3.84. The van der Waals surface area contributed by atoms with Crippen LogP contribution in [0.4, 0.5) is 13.2 Å². The van der Waals surface area contributed by atoms with Crippen molar-refractivity contribution in [3.8, 4) is 0 Å². The summed E-state index contributed by atoms with van der Waals surface area (Å²) in [6.45, 7) is 3.07. The fourth-order valence-electron chi connectivity index (χ4n) is 2.97. The molecule has 6 heteroatoms. The SMILES string of the molecule is O=C(CCC(F)(F)F)N1CCC[C@]2(CCNC2)C1. The van der Waals surface area contributed by atoms with Crippen molar-refractivity contribution in [1.82, 2.24) is 10.2 Å². The maximum atomic E-state index is 12.1. The zero-order valence-corrected chi connectivity index (χ0v) is 10.4. The summed E-state index contributed by atoms with van der Waals surface area (Å²) >= 11 is 0. The average Bonchev–Trinajstić information content (AvgIpc) is 2.73. The molecule has 104 valence electrons. The van der Waals surface area contributed by atoms with Crippen molar-refractivity contribution in [3.05, 3.63) is 0 Å². The Morgan fingerprint density at radius 3 is 2.72 bits per heavy atom. The van der Waals surface area contributed by atoms with Crippen molar-refractivity contribution >= 4 is 5.91 Å². The van der Waals surface area contributed by atoms with Crippen LogP contribution >= 0.6 is 0 Å². The molecule has 2 fully saturated rings. The lowest BCUT2D eigenvalue weighted by Gasteiger charge is -2.40. The number of nitrogens with one attached hydrogen (secondary N) is 1. The van der Waals surface area contributed by atoms with Gasteiger partial charge >= 0.3 is 6.18 Å². The number of hydrogen-bond acceptors (Lipinski definition) is 2. The van der Waals surface area contributed by atoms with E-state index in [1.165, 1.54) is 0 Å². The van der Waals surface area contributed by atoms with Gasteiger partial charge in [0.05, 0.1) is 6.42 Å². The largest absolute Gasteiger partial charge is 0.389 e. The number of alkyl halides is 3. The molecule has 0 aromatic rings. The second kappa shape index (κ2) is 5.07. The lowest BCUT2D eigenvalue weighted by molar-refractivity contribution is -0.150. The number of carbonyl (C=O) groups is 1. The van der Waals surface area contributed by atoms with Gasteiger partial charge in [-0.15, -0.1) is 0 Å². The van der Waals surface area contributed by atoms with Gasteiger partial charge in [0.15, 0.2) is 0 Å². The minimum absolute atomic E-state index is 0.117. The highest BCUT2D eigenvalue weighted by atomic mass is 19.4. The van der Waals surface area contributed by atoms with Crippen LogP contribution in [0.1, 0.15) is 32.1 Å². The second-order valence-corrected chi connectivity index (χ2v) is 5.46. The van der Waals surface area contributed by atoms with Gasteiger partial charge in [0.1, 0.15) is 0 Å². The quantitative estimate of drug-likeness (QED) is 0.826. The van der Waals surface area contributed by atoms with Gasteiger partial charge in [-0.25, -0.2) is 0 Å². The number of rotatable bonds is 2. The van der Waals surface area contributed by atoms with Crippen LogP contribution in [-0.4, -0.2) is 43.2 Å². The van der Waals surface area contributed by atoms with Crippen LogP contribution in [0.3, 0.4) is 0 Å². The highest BCUT2D eigenvalue weighted by Crippen LogP contribution is 2.36. The fourth-order valence-corrected chi connectivity index (χ4v) is 2.97. The summed E-state index contributed by atoms with van der Waals surface area (Å²) in [5.74, 6) is -0.349. The summed E-state index contributed by atoms with van der Waals surface area (Å²) in [5.41, 5.74) is 0.117. The summed E-state index contributed by atoms with van der Waals surface area (Å²) < 4.78 is 36.3. The molecule has 18 heavy (non-hydrogen) atoms. The van der Waals surface area contributed by atoms with Gasteiger partial charge in [-0.3, -0.25) is 4.79 Å². The standard InChI is InChI=1S/C12H19F3N2O/c13-12(14,15)4-2-10(18)17-7-1-3-11(9-17)5-6-16-8-11/h16H,1-9H2/t11-/m1/s1. The number of carbonyl (C=O) groups excluding carboxylic acids is 1. The molecule has 2 rings (SSSR count). The topological polar surface area (TPSA) is 32.3 Å². The second-order valence-electron chi connectivity index (χ2n) is 5.46. The van der Waals surface area contributed by atoms with Crippen molar-refractivity contribution in [3.63, 3.8) is 0 Å². The van der Waals surface area contributed by atoms with Crippen molar-refractivity contribution in [2.24, 2.45) is 5.41 Å². The molecule has 2 saturated heterocycles. The summed E-state index contributed by atoms with van der Waals surface area (Å²) in [6, 6.07) is 0. The van der Waals surface area contributed by atoms with Gasteiger partial charge in [-0.2, -0.15) is 13.2 Å². The van der Waals surface area contributed by atoms with Gasteiger partial charge in [-0.05, 0) is 25.8 Å². The molecule has 1 atom stereocenters. The molecule has 1 N–H and O–H groups in total. The molecule has 0 unspecified atom stereocenters. The molecule has 2 heterocycles. The molecule has 2 aliphatic rings. The molecule has 0 aromatic heterocycles. The summed E-state index contributed by atoms with van der Waals surface area (Å²) in [5, 5.41) is 3.28. The van der Waals surface area contributed by atoms with E-state index in [1.807, 2.05) is 0 Å². The van der Waals surface area contributed by atoms with Gasteiger partial charge in [-0.1, -0.05) is 0 Å². The molecule has 0 saturated carbocycles.